The van der Waals surface area contributed by atoms with Crippen LogP contribution in [0, 0.1) is 0 Å². The third-order valence-corrected chi connectivity index (χ3v) is 5.41. The van der Waals surface area contributed by atoms with Crippen LogP contribution < -0.4 is 10.5 Å². The first-order chi connectivity index (χ1) is 11.3. The van der Waals surface area contributed by atoms with Crippen LogP contribution in [0.5, 0.6) is 0 Å². The molecule has 0 spiro atoms. The molecule has 1 unspecified atom stereocenters. The molecule has 0 amide bonds. The van der Waals surface area contributed by atoms with Crippen LogP contribution in [0.2, 0.25) is 0 Å². The third-order valence-electron chi connectivity index (χ3n) is 4.43. The van der Waals surface area contributed by atoms with Gasteiger partial charge in [-0.05, 0) is 30.7 Å². The average Bonchev–Trinajstić information content (AvgIpc) is 2.87. The number of aromatic nitrogens is 3. The van der Waals surface area contributed by atoms with E-state index < -0.39 is 0 Å². The van der Waals surface area contributed by atoms with Crippen molar-refractivity contribution in [3.63, 3.8) is 0 Å². The molecule has 4 rings (SSSR count). The van der Waals surface area contributed by atoms with E-state index in [4.69, 9.17) is 0 Å². The molecule has 1 saturated heterocycles. The van der Waals surface area contributed by atoms with Crippen molar-refractivity contribution in [3.05, 3.63) is 58.5 Å². The molecule has 0 aliphatic carbocycles. The Hall–Kier alpha value is -2.21. The molecular formula is C17H18N4OS. The van der Waals surface area contributed by atoms with Crippen LogP contribution in [0.3, 0.4) is 0 Å². The third kappa shape index (κ3) is 2.86. The zero-order valence-corrected chi connectivity index (χ0v) is 13.6. The lowest BCUT2D eigenvalue weighted by atomic mass is 9.92. The Morgan fingerprint density at radius 2 is 1.96 bits per heavy atom. The van der Waals surface area contributed by atoms with Crippen LogP contribution in [0.4, 0.5) is 5.13 Å². The molecule has 5 nitrogen and oxygen atoms in total. The Morgan fingerprint density at radius 3 is 2.78 bits per heavy atom. The van der Waals surface area contributed by atoms with E-state index in [0.29, 0.717) is 10.9 Å². The summed E-state index contributed by atoms with van der Waals surface area (Å²) in [6.07, 6.45) is 5.00. The number of rotatable bonds is 2. The summed E-state index contributed by atoms with van der Waals surface area (Å²) in [6.45, 7) is 1.95. The van der Waals surface area contributed by atoms with Crippen molar-refractivity contribution in [2.75, 3.05) is 18.0 Å². The lowest BCUT2D eigenvalue weighted by Gasteiger charge is -2.18. The van der Waals surface area contributed by atoms with Crippen LogP contribution in [-0.4, -0.2) is 27.7 Å². The van der Waals surface area contributed by atoms with Crippen LogP contribution in [0.1, 0.15) is 30.7 Å². The maximum absolute atomic E-state index is 11.8. The number of nitrogens with zero attached hydrogens (tertiary/aromatic N) is 4. The smallest absolute Gasteiger partial charge is 0.275 e. The van der Waals surface area contributed by atoms with Crippen molar-refractivity contribution in [2.24, 2.45) is 0 Å². The van der Waals surface area contributed by atoms with Gasteiger partial charge in [0, 0.05) is 25.4 Å². The molecule has 0 radical (unpaired) electrons. The quantitative estimate of drug-likeness (QED) is 0.726. The van der Waals surface area contributed by atoms with E-state index >= 15 is 0 Å². The summed E-state index contributed by atoms with van der Waals surface area (Å²) in [7, 11) is 0. The predicted molar refractivity (Wildman–Crippen MR) is 92.4 cm³/mol. The molecule has 0 bridgehead atoms. The first kappa shape index (κ1) is 14.4. The highest BCUT2D eigenvalue weighted by Gasteiger charge is 2.21. The van der Waals surface area contributed by atoms with Crippen LogP contribution in [0.15, 0.2) is 47.4 Å². The van der Waals surface area contributed by atoms with Gasteiger partial charge in [-0.15, -0.1) is 5.10 Å². The Balaban J connectivity index is 1.56. The van der Waals surface area contributed by atoms with Gasteiger partial charge >= 0.3 is 0 Å². The Morgan fingerprint density at radius 1 is 1.09 bits per heavy atom. The lowest BCUT2D eigenvalue weighted by molar-refractivity contribution is 0.612. The van der Waals surface area contributed by atoms with E-state index in [-0.39, 0.29) is 5.56 Å². The molecule has 3 aromatic rings. The van der Waals surface area contributed by atoms with Crippen LogP contribution in [0.25, 0.3) is 4.96 Å². The van der Waals surface area contributed by atoms with Gasteiger partial charge in [0.15, 0.2) is 0 Å². The number of fused-ring (bicyclic) bond motifs is 1. The highest BCUT2D eigenvalue weighted by atomic mass is 32.1. The van der Waals surface area contributed by atoms with E-state index in [1.54, 1.807) is 6.20 Å². The van der Waals surface area contributed by atoms with Gasteiger partial charge in [0.2, 0.25) is 10.1 Å². The number of benzene rings is 1. The zero-order valence-electron chi connectivity index (χ0n) is 12.8. The van der Waals surface area contributed by atoms with E-state index in [1.165, 1.54) is 33.9 Å². The summed E-state index contributed by atoms with van der Waals surface area (Å²) in [5, 5.41) is 5.36. The van der Waals surface area contributed by atoms with Crippen molar-refractivity contribution in [1.82, 2.24) is 14.6 Å². The molecule has 118 valence electrons. The molecule has 1 aliphatic heterocycles. The largest absolute Gasteiger partial charge is 0.347 e. The minimum absolute atomic E-state index is 0.116. The SMILES string of the molecule is O=c1ccnc2sc(N3CCCC(c4ccccc4)CC3)nn12. The molecule has 1 atom stereocenters. The molecule has 23 heavy (non-hydrogen) atoms. The van der Waals surface area contributed by atoms with Gasteiger partial charge in [-0.25, -0.2) is 4.98 Å². The minimum Gasteiger partial charge on any atom is -0.347 e. The maximum Gasteiger partial charge on any atom is 0.275 e. The second-order valence-electron chi connectivity index (χ2n) is 5.89. The normalized spacial score (nSPS) is 19.0. The fraction of sp³-hybridized carbons (Fsp3) is 0.353. The van der Waals surface area contributed by atoms with Gasteiger partial charge in [-0.3, -0.25) is 4.79 Å². The number of anilines is 1. The fourth-order valence-corrected chi connectivity index (χ4v) is 4.14. The van der Waals surface area contributed by atoms with Gasteiger partial charge < -0.3 is 4.90 Å². The summed E-state index contributed by atoms with van der Waals surface area (Å²) >= 11 is 1.49. The molecule has 1 aromatic carbocycles. The van der Waals surface area contributed by atoms with E-state index in [2.05, 4.69) is 45.3 Å². The monoisotopic (exact) mass is 326 g/mol. The summed E-state index contributed by atoms with van der Waals surface area (Å²) in [5.74, 6) is 0.608. The second kappa shape index (κ2) is 6.12. The van der Waals surface area contributed by atoms with Crippen molar-refractivity contribution >= 4 is 21.4 Å². The van der Waals surface area contributed by atoms with Crippen LogP contribution >= 0.6 is 11.3 Å². The van der Waals surface area contributed by atoms with Crippen molar-refractivity contribution in [3.8, 4) is 0 Å². The highest BCUT2D eigenvalue weighted by molar-refractivity contribution is 7.20. The summed E-state index contributed by atoms with van der Waals surface area (Å²) < 4.78 is 1.40. The maximum atomic E-state index is 11.8. The molecule has 2 aromatic heterocycles. The van der Waals surface area contributed by atoms with Gasteiger partial charge in [0.1, 0.15) is 0 Å². The van der Waals surface area contributed by atoms with Gasteiger partial charge in [0.05, 0.1) is 0 Å². The van der Waals surface area contributed by atoms with Gasteiger partial charge in [0.25, 0.3) is 5.56 Å². The molecule has 1 aliphatic rings. The lowest BCUT2D eigenvalue weighted by Crippen LogP contribution is -2.24. The molecule has 0 saturated carbocycles. The van der Waals surface area contributed by atoms with E-state index in [9.17, 15) is 4.79 Å². The molecule has 6 heteroatoms. The van der Waals surface area contributed by atoms with E-state index in [0.717, 1.165) is 31.1 Å². The predicted octanol–water partition coefficient (Wildman–Crippen LogP) is 2.93. The van der Waals surface area contributed by atoms with Gasteiger partial charge in [-0.2, -0.15) is 4.52 Å². The molecule has 1 fully saturated rings. The van der Waals surface area contributed by atoms with E-state index in [1.807, 2.05) is 0 Å². The Kier molecular flexibility index (Phi) is 3.83. The molecular weight excluding hydrogens is 308 g/mol. The summed E-state index contributed by atoms with van der Waals surface area (Å²) in [4.78, 5) is 19.0. The van der Waals surface area contributed by atoms with Crippen molar-refractivity contribution < 1.29 is 0 Å². The van der Waals surface area contributed by atoms with Gasteiger partial charge in [-0.1, -0.05) is 41.7 Å². The second-order valence-corrected chi connectivity index (χ2v) is 6.82. The summed E-state index contributed by atoms with van der Waals surface area (Å²) in [5.41, 5.74) is 1.31. The Bertz CT molecular complexity index is 858. The first-order valence-corrected chi connectivity index (χ1v) is 8.78. The topological polar surface area (TPSA) is 50.5 Å². The fourth-order valence-electron chi connectivity index (χ4n) is 3.21. The average molecular weight is 326 g/mol. The number of hydrogen-bond acceptors (Lipinski definition) is 5. The zero-order chi connectivity index (χ0) is 15.6. The highest BCUT2D eigenvalue weighted by Crippen LogP contribution is 2.31. The standard InChI is InChI=1S/C17H18N4OS/c22-15-8-10-18-16-21(15)19-17(23-16)20-11-4-7-14(9-12-20)13-5-2-1-3-6-13/h1-3,5-6,8,10,14H,4,7,9,11-12H2. The van der Waals surface area contributed by atoms with Crippen LogP contribution in [-0.2, 0) is 0 Å². The molecule has 0 N–H and O–H groups in total. The van der Waals surface area contributed by atoms with Crippen molar-refractivity contribution in [1.29, 1.82) is 0 Å². The molecule has 3 heterocycles. The minimum atomic E-state index is -0.116. The van der Waals surface area contributed by atoms with Crippen molar-refractivity contribution in [2.45, 2.75) is 25.2 Å². The number of hydrogen-bond donors (Lipinski definition) is 0. The summed E-state index contributed by atoms with van der Waals surface area (Å²) in [6, 6.07) is 12.2. The Labute approximate surface area is 138 Å². The first-order valence-electron chi connectivity index (χ1n) is 7.96.